The minimum absolute atomic E-state index is 0.0348. The lowest BCUT2D eigenvalue weighted by Gasteiger charge is -2.38. The van der Waals surface area contributed by atoms with Crippen LogP contribution in [0.15, 0.2) is 0 Å². The summed E-state index contributed by atoms with van der Waals surface area (Å²) in [5.74, 6) is 0. The minimum Gasteiger partial charge on any atom is -0.373 e. The zero-order valence-electron chi connectivity index (χ0n) is 13.1. The van der Waals surface area contributed by atoms with Crippen LogP contribution in [0.25, 0.3) is 0 Å². The van der Waals surface area contributed by atoms with E-state index >= 15 is 0 Å². The number of nitriles is 1. The summed E-state index contributed by atoms with van der Waals surface area (Å²) >= 11 is 0. The summed E-state index contributed by atoms with van der Waals surface area (Å²) in [5.41, 5.74) is -0.442. The van der Waals surface area contributed by atoms with Crippen molar-refractivity contribution in [1.82, 2.24) is 10.2 Å². The molecule has 0 bridgehead atoms. The van der Waals surface area contributed by atoms with Gasteiger partial charge in [0, 0.05) is 19.1 Å². The zero-order valence-corrected chi connectivity index (χ0v) is 13.1. The van der Waals surface area contributed by atoms with E-state index in [9.17, 15) is 5.26 Å². The van der Waals surface area contributed by atoms with Crippen LogP contribution >= 0.6 is 0 Å². The van der Waals surface area contributed by atoms with Gasteiger partial charge in [-0.05, 0) is 54.0 Å². The molecule has 110 valence electrons. The molecule has 0 saturated carbocycles. The second-order valence-electron chi connectivity index (χ2n) is 6.73. The van der Waals surface area contributed by atoms with Crippen molar-refractivity contribution < 1.29 is 4.74 Å². The highest BCUT2D eigenvalue weighted by atomic mass is 16.5. The summed E-state index contributed by atoms with van der Waals surface area (Å²) < 4.78 is 5.71. The van der Waals surface area contributed by atoms with E-state index in [2.05, 4.69) is 44.0 Å². The molecule has 0 radical (unpaired) electrons. The van der Waals surface area contributed by atoms with Gasteiger partial charge in [0.1, 0.15) is 5.54 Å². The van der Waals surface area contributed by atoms with E-state index in [-0.39, 0.29) is 5.60 Å². The Labute approximate surface area is 118 Å². The Morgan fingerprint density at radius 3 is 2.68 bits per heavy atom. The number of rotatable bonds is 6. The quantitative estimate of drug-likeness (QED) is 0.801. The Hall–Kier alpha value is -0.630. The number of morpholine rings is 1. The third-order valence-corrected chi connectivity index (χ3v) is 3.51. The fourth-order valence-corrected chi connectivity index (χ4v) is 2.76. The van der Waals surface area contributed by atoms with Gasteiger partial charge >= 0.3 is 0 Å². The first-order valence-corrected chi connectivity index (χ1v) is 7.32. The maximum atomic E-state index is 9.31. The summed E-state index contributed by atoms with van der Waals surface area (Å²) in [5, 5.41) is 12.7. The molecule has 1 aliphatic rings. The van der Waals surface area contributed by atoms with Crippen molar-refractivity contribution >= 4 is 0 Å². The Balaban J connectivity index is 2.35. The minimum atomic E-state index is -0.407. The summed E-state index contributed by atoms with van der Waals surface area (Å²) in [4.78, 5) is 2.44. The van der Waals surface area contributed by atoms with Gasteiger partial charge in [-0.1, -0.05) is 0 Å². The molecule has 1 atom stereocenters. The average Bonchev–Trinajstić information content (AvgIpc) is 2.26. The molecule has 0 aromatic rings. The Morgan fingerprint density at radius 1 is 1.47 bits per heavy atom. The number of nitrogens with one attached hydrogen (secondary N) is 1. The van der Waals surface area contributed by atoms with Crippen LogP contribution in [0.2, 0.25) is 0 Å². The first kappa shape index (κ1) is 16.4. The number of hydrogen-bond acceptors (Lipinski definition) is 4. The molecule has 0 aliphatic carbocycles. The summed E-state index contributed by atoms with van der Waals surface area (Å²) in [6.45, 7) is 14.3. The number of hydrogen-bond donors (Lipinski definition) is 1. The monoisotopic (exact) mass is 267 g/mol. The van der Waals surface area contributed by atoms with Crippen molar-refractivity contribution in [3.05, 3.63) is 0 Å². The van der Waals surface area contributed by atoms with Gasteiger partial charge in [-0.3, -0.25) is 10.2 Å². The van der Waals surface area contributed by atoms with Crippen LogP contribution in [-0.2, 0) is 4.74 Å². The van der Waals surface area contributed by atoms with Crippen LogP contribution in [-0.4, -0.2) is 48.3 Å². The van der Waals surface area contributed by atoms with E-state index in [0.29, 0.717) is 6.04 Å². The molecular formula is C15H29N3O. The van der Waals surface area contributed by atoms with Crippen molar-refractivity contribution in [2.75, 3.05) is 26.2 Å². The number of ether oxygens (including phenoxy) is 1. The van der Waals surface area contributed by atoms with E-state index < -0.39 is 5.54 Å². The van der Waals surface area contributed by atoms with Gasteiger partial charge in [-0.25, -0.2) is 0 Å². The first-order chi connectivity index (χ1) is 8.76. The molecule has 4 nitrogen and oxygen atoms in total. The third kappa shape index (κ3) is 5.90. The Morgan fingerprint density at radius 2 is 2.16 bits per heavy atom. The summed E-state index contributed by atoms with van der Waals surface area (Å²) in [6.07, 6.45) is 1.93. The molecular weight excluding hydrogens is 238 g/mol. The lowest BCUT2D eigenvalue weighted by molar-refractivity contribution is -0.0862. The first-order valence-electron chi connectivity index (χ1n) is 7.32. The second kappa shape index (κ2) is 6.69. The molecule has 1 saturated heterocycles. The maximum absolute atomic E-state index is 9.31. The maximum Gasteiger partial charge on any atom is 0.104 e. The molecule has 0 amide bonds. The van der Waals surface area contributed by atoms with Gasteiger partial charge in [0.2, 0.25) is 0 Å². The van der Waals surface area contributed by atoms with Crippen molar-refractivity contribution in [2.24, 2.45) is 0 Å². The SMILES string of the molecule is CC(C)NC(C)(C#N)CCCN1CCOC(C)(C)C1. The van der Waals surface area contributed by atoms with E-state index in [1.54, 1.807) is 0 Å². The molecule has 1 aliphatic heterocycles. The topological polar surface area (TPSA) is 48.3 Å². The molecule has 1 unspecified atom stereocenters. The normalized spacial score (nSPS) is 23.0. The van der Waals surface area contributed by atoms with Gasteiger partial charge in [0.05, 0.1) is 18.3 Å². The molecule has 1 heterocycles. The van der Waals surface area contributed by atoms with Crippen molar-refractivity contribution in [3.8, 4) is 6.07 Å². The van der Waals surface area contributed by atoms with Crippen molar-refractivity contribution in [1.29, 1.82) is 5.26 Å². The summed E-state index contributed by atoms with van der Waals surface area (Å²) in [7, 11) is 0. The van der Waals surface area contributed by atoms with Crippen molar-refractivity contribution in [3.63, 3.8) is 0 Å². The highest BCUT2D eigenvalue weighted by molar-refractivity contribution is 5.04. The summed E-state index contributed by atoms with van der Waals surface area (Å²) in [6, 6.07) is 2.75. The average molecular weight is 267 g/mol. The van der Waals surface area contributed by atoms with Crippen molar-refractivity contribution in [2.45, 2.75) is 64.6 Å². The van der Waals surface area contributed by atoms with Crippen LogP contribution in [0.5, 0.6) is 0 Å². The van der Waals surface area contributed by atoms with Crippen LogP contribution in [0.4, 0.5) is 0 Å². The number of nitrogens with zero attached hydrogens (tertiary/aromatic N) is 2. The molecule has 1 rings (SSSR count). The molecule has 0 aromatic carbocycles. The van der Waals surface area contributed by atoms with Crippen LogP contribution in [0.3, 0.4) is 0 Å². The molecule has 19 heavy (non-hydrogen) atoms. The predicted molar refractivity (Wildman–Crippen MR) is 78.0 cm³/mol. The highest BCUT2D eigenvalue weighted by Crippen LogP contribution is 2.18. The van der Waals surface area contributed by atoms with Gasteiger partial charge in [-0.2, -0.15) is 5.26 Å². The van der Waals surface area contributed by atoms with E-state index in [4.69, 9.17) is 4.74 Å². The highest BCUT2D eigenvalue weighted by Gasteiger charge is 2.28. The zero-order chi connectivity index (χ0) is 14.5. The van der Waals surface area contributed by atoms with Crippen LogP contribution in [0.1, 0.15) is 47.5 Å². The van der Waals surface area contributed by atoms with E-state index in [1.807, 2.05) is 6.92 Å². The van der Waals surface area contributed by atoms with E-state index in [1.165, 1.54) is 0 Å². The standard InChI is InChI=1S/C15H29N3O/c1-13(2)17-15(5,11-16)7-6-8-18-9-10-19-14(3,4)12-18/h13,17H,6-10,12H2,1-5H3. The van der Waals surface area contributed by atoms with E-state index in [0.717, 1.165) is 39.1 Å². The van der Waals surface area contributed by atoms with Gasteiger partial charge in [0.15, 0.2) is 0 Å². The van der Waals surface area contributed by atoms with Crippen LogP contribution < -0.4 is 5.32 Å². The molecule has 1 fully saturated rings. The lowest BCUT2D eigenvalue weighted by atomic mass is 9.96. The van der Waals surface area contributed by atoms with Gasteiger partial charge < -0.3 is 4.74 Å². The van der Waals surface area contributed by atoms with Gasteiger partial charge in [-0.15, -0.1) is 0 Å². The fraction of sp³-hybridized carbons (Fsp3) is 0.933. The molecule has 0 spiro atoms. The van der Waals surface area contributed by atoms with Gasteiger partial charge in [0.25, 0.3) is 0 Å². The third-order valence-electron chi connectivity index (χ3n) is 3.51. The molecule has 1 N–H and O–H groups in total. The smallest absolute Gasteiger partial charge is 0.104 e. The lowest BCUT2D eigenvalue weighted by Crippen LogP contribution is -2.49. The second-order valence-corrected chi connectivity index (χ2v) is 6.73. The Bertz CT molecular complexity index is 322. The Kier molecular flexibility index (Phi) is 5.79. The molecule has 4 heteroatoms. The molecule has 0 aromatic heterocycles. The predicted octanol–water partition coefficient (Wildman–Crippen LogP) is 2.16. The largest absolute Gasteiger partial charge is 0.373 e. The van der Waals surface area contributed by atoms with Crippen LogP contribution in [0, 0.1) is 11.3 Å². The fourth-order valence-electron chi connectivity index (χ4n) is 2.76.